The number of fused-ring (bicyclic) bond motifs is 1. The zero-order valence-electron chi connectivity index (χ0n) is 40.9. The number of anilines is 1. The van der Waals surface area contributed by atoms with Gasteiger partial charge in [-0.1, -0.05) is 95.7 Å². The number of nitrogens with one attached hydrogen (secondary N) is 3. The van der Waals surface area contributed by atoms with Crippen LogP contribution < -0.4 is 20.7 Å². The van der Waals surface area contributed by atoms with E-state index in [1.807, 2.05) is 76.5 Å². The third kappa shape index (κ3) is 13.9. The van der Waals surface area contributed by atoms with E-state index in [1.54, 1.807) is 46.7 Å². The highest BCUT2D eigenvalue weighted by Crippen LogP contribution is 2.41. The summed E-state index contributed by atoms with van der Waals surface area (Å²) in [6, 6.07) is 19.0. The van der Waals surface area contributed by atoms with E-state index in [1.165, 1.54) is 6.07 Å². The number of nitrogens with zero attached hydrogens (tertiary/aromatic N) is 3. The molecule has 3 aromatic carbocycles. The molecule has 3 amide bonds. The van der Waals surface area contributed by atoms with E-state index in [-0.39, 0.29) is 48.3 Å². The van der Waals surface area contributed by atoms with Gasteiger partial charge in [-0.15, -0.1) is 11.3 Å². The molecule has 7 rings (SSSR count). The van der Waals surface area contributed by atoms with Crippen LogP contribution in [0.3, 0.4) is 0 Å². The normalized spacial score (nSPS) is 19.3. The summed E-state index contributed by atoms with van der Waals surface area (Å²) in [6.45, 7) is 11.8. The molecule has 11 nitrogen and oxygen atoms in total. The van der Waals surface area contributed by atoms with Crippen LogP contribution in [0, 0.1) is 30.0 Å². The number of likely N-dealkylation sites (tertiary alicyclic amines) is 1. The molecular weight excluding hydrogens is 911 g/mol. The summed E-state index contributed by atoms with van der Waals surface area (Å²) in [6.07, 6.45) is 12.1. The molecule has 4 atom stereocenters. The van der Waals surface area contributed by atoms with Crippen LogP contribution in [0.15, 0.2) is 78.4 Å². The Bertz CT molecular complexity index is 2510. The van der Waals surface area contributed by atoms with Gasteiger partial charge in [0.1, 0.15) is 17.6 Å². The number of β-amino-alcohol motifs (C(OH)–C–C–N with tert-alkyl or cyclic N) is 1. The Morgan fingerprint density at radius 3 is 2.36 bits per heavy atom. The first-order valence-corrected chi connectivity index (χ1v) is 26.2. The van der Waals surface area contributed by atoms with Crippen molar-refractivity contribution in [1.29, 1.82) is 0 Å². The van der Waals surface area contributed by atoms with E-state index in [4.69, 9.17) is 16.3 Å². The average Bonchev–Trinajstić information content (AvgIpc) is 3.96. The Balaban J connectivity index is 0.766. The molecule has 1 saturated heterocycles. The minimum Gasteiger partial charge on any atom is -0.492 e. The second-order valence-corrected chi connectivity index (χ2v) is 21.5. The van der Waals surface area contributed by atoms with Crippen molar-refractivity contribution < 1.29 is 28.6 Å². The van der Waals surface area contributed by atoms with Gasteiger partial charge in [0.15, 0.2) is 0 Å². The van der Waals surface area contributed by atoms with Crippen LogP contribution in [0.1, 0.15) is 127 Å². The predicted molar refractivity (Wildman–Crippen MR) is 275 cm³/mol. The van der Waals surface area contributed by atoms with Crippen molar-refractivity contribution in [1.82, 2.24) is 25.5 Å². The second kappa shape index (κ2) is 24.3. The molecule has 0 unspecified atom stereocenters. The molecular formula is C55H70ClFN6O5S. The quantitative estimate of drug-likeness (QED) is 0.0532. The highest BCUT2D eigenvalue weighted by atomic mass is 35.5. The third-order valence-electron chi connectivity index (χ3n) is 14.1. The number of hydrogen-bond donors (Lipinski definition) is 4. The van der Waals surface area contributed by atoms with Gasteiger partial charge >= 0.3 is 0 Å². The van der Waals surface area contributed by atoms with Crippen molar-refractivity contribution in [2.45, 2.75) is 142 Å². The van der Waals surface area contributed by atoms with Crippen LogP contribution in [0.5, 0.6) is 5.75 Å². The number of hydrogen-bond acceptors (Lipinski definition) is 9. The van der Waals surface area contributed by atoms with Crippen LogP contribution in [0.2, 0.25) is 5.02 Å². The smallest absolute Gasteiger partial charge is 0.243 e. The van der Waals surface area contributed by atoms with E-state index in [0.29, 0.717) is 42.1 Å². The lowest BCUT2D eigenvalue weighted by atomic mass is 9.73. The summed E-state index contributed by atoms with van der Waals surface area (Å²) in [5, 5.41) is 21.6. The van der Waals surface area contributed by atoms with Gasteiger partial charge in [0, 0.05) is 48.8 Å². The Hall–Kier alpha value is -4.95. The van der Waals surface area contributed by atoms with Gasteiger partial charge in [-0.25, -0.2) is 9.37 Å². The molecule has 0 bridgehead atoms. The Labute approximate surface area is 416 Å². The summed E-state index contributed by atoms with van der Waals surface area (Å²) in [5.41, 5.74) is 7.09. The minimum absolute atomic E-state index is 0.0172. The van der Waals surface area contributed by atoms with Crippen molar-refractivity contribution in [3.05, 3.63) is 106 Å². The van der Waals surface area contributed by atoms with Crippen LogP contribution in [-0.4, -0.2) is 75.6 Å². The number of carbonyl (C=O) groups is 3. The molecule has 2 aromatic heterocycles. The topological polar surface area (TPSA) is 146 Å². The molecule has 370 valence electrons. The van der Waals surface area contributed by atoms with Gasteiger partial charge in [-0.3, -0.25) is 19.4 Å². The fourth-order valence-corrected chi connectivity index (χ4v) is 11.0. The number of ether oxygens (including phenoxy) is 1. The average molecular weight is 982 g/mol. The van der Waals surface area contributed by atoms with Crippen LogP contribution >= 0.6 is 22.9 Å². The predicted octanol–water partition coefficient (Wildman–Crippen LogP) is 11.4. The number of thiazole rings is 1. The SMILES string of the molecule is Cc1ncsc1-c1ccc(CNC(=O)[C@H]2C[C@H](O)CN2C(=O)[C@H](NCCCCCCCCCOc2cc(NC(=O)[C@H](C)C3CCC(c4ccnc5ccc(F)cc45)CC3)ccc2Cl)C(C)(C)C)cc1. The highest BCUT2D eigenvalue weighted by molar-refractivity contribution is 7.13. The first-order chi connectivity index (χ1) is 33.2. The molecule has 0 spiro atoms. The van der Waals surface area contributed by atoms with Gasteiger partial charge in [-0.05, 0) is 122 Å². The highest BCUT2D eigenvalue weighted by Gasteiger charge is 2.43. The zero-order valence-corrected chi connectivity index (χ0v) is 42.4. The standard InChI is InChI=1S/C55H70ClFN6O5S/c1-35(38-17-19-39(20-18-38)44-25-27-58-47-24-21-41(57)29-45(44)47)52(65)62-42-22-23-46(56)49(30-42)68-28-12-10-8-6-7-9-11-26-59-51(55(3,4)5)54(67)63-33-43(64)31-48(63)53(66)60-32-37-13-15-40(16-14-37)50-36(2)61-34-69-50/h13-16,21-25,27,29-30,34-35,38-39,43,48,51,59,64H,6-12,17-20,26,28,31-33H2,1-5H3,(H,60,66)(H,62,65)/t35-,38?,39?,43+,48-,51+/m1/s1. The lowest BCUT2D eigenvalue weighted by Crippen LogP contribution is -2.56. The number of aryl methyl sites for hydroxylation is 1. The Kier molecular flexibility index (Phi) is 18.2. The van der Waals surface area contributed by atoms with Crippen LogP contribution in [0.25, 0.3) is 21.3 Å². The number of benzene rings is 3. The van der Waals surface area contributed by atoms with Crippen LogP contribution in [0.4, 0.5) is 10.1 Å². The summed E-state index contributed by atoms with van der Waals surface area (Å²) >= 11 is 8.10. The van der Waals surface area contributed by atoms with Crippen molar-refractivity contribution >= 4 is 57.2 Å². The molecule has 3 heterocycles. The number of unbranched alkanes of at least 4 members (excludes halogenated alkanes) is 6. The first-order valence-electron chi connectivity index (χ1n) is 24.9. The number of amides is 3. The van der Waals surface area contributed by atoms with E-state index in [0.717, 1.165) is 109 Å². The summed E-state index contributed by atoms with van der Waals surface area (Å²) in [7, 11) is 0. The van der Waals surface area contributed by atoms with Gasteiger partial charge in [0.2, 0.25) is 17.7 Å². The summed E-state index contributed by atoms with van der Waals surface area (Å²) < 4.78 is 20.2. The van der Waals surface area contributed by atoms with Gasteiger partial charge in [0.05, 0.1) is 45.4 Å². The van der Waals surface area contributed by atoms with Crippen molar-refractivity contribution in [2.75, 3.05) is 25.0 Å². The van der Waals surface area contributed by atoms with E-state index in [9.17, 15) is 23.9 Å². The molecule has 1 saturated carbocycles. The molecule has 5 aromatic rings. The summed E-state index contributed by atoms with van der Waals surface area (Å²) in [5.74, 6) is 0.295. The fourth-order valence-electron chi connectivity index (χ4n) is 10.0. The van der Waals surface area contributed by atoms with E-state index >= 15 is 0 Å². The third-order valence-corrected chi connectivity index (χ3v) is 15.4. The van der Waals surface area contributed by atoms with Crippen molar-refractivity contribution in [2.24, 2.45) is 17.3 Å². The number of aliphatic hydroxyl groups excluding tert-OH is 1. The lowest BCUT2D eigenvalue weighted by molar-refractivity contribution is -0.142. The maximum absolute atomic E-state index is 14.1. The first kappa shape index (κ1) is 51.9. The largest absolute Gasteiger partial charge is 0.492 e. The monoisotopic (exact) mass is 980 g/mol. The number of rotatable bonds is 21. The van der Waals surface area contributed by atoms with E-state index < -0.39 is 23.6 Å². The fraction of sp³-hybridized carbons (Fsp3) is 0.509. The number of pyridine rings is 1. The number of halogens is 2. The second-order valence-electron chi connectivity index (χ2n) is 20.3. The van der Waals surface area contributed by atoms with Crippen molar-refractivity contribution in [3.8, 4) is 16.2 Å². The molecule has 14 heteroatoms. The number of aromatic nitrogens is 2. The summed E-state index contributed by atoms with van der Waals surface area (Å²) in [4.78, 5) is 52.4. The molecule has 1 aliphatic carbocycles. The van der Waals surface area contributed by atoms with Gasteiger partial charge < -0.3 is 30.7 Å². The van der Waals surface area contributed by atoms with E-state index in [2.05, 4.69) is 25.9 Å². The van der Waals surface area contributed by atoms with Gasteiger partial charge in [0.25, 0.3) is 0 Å². The van der Waals surface area contributed by atoms with Gasteiger partial charge in [-0.2, -0.15) is 0 Å². The Morgan fingerprint density at radius 1 is 0.928 bits per heavy atom. The minimum atomic E-state index is -0.753. The molecule has 0 radical (unpaired) electrons. The van der Waals surface area contributed by atoms with Crippen LogP contribution in [-0.2, 0) is 20.9 Å². The number of carbonyl (C=O) groups excluding carboxylic acids is 3. The lowest BCUT2D eigenvalue weighted by Gasteiger charge is -2.35. The zero-order chi connectivity index (χ0) is 49.1. The maximum atomic E-state index is 14.1. The van der Waals surface area contributed by atoms with Crippen molar-refractivity contribution in [3.63, 3.8) is 0 Å². The molecule has 2 aliphatic rings. The maximum Gasteiger partial charge on any atom is 0.243 e. The molecule has 1 aliphatic heterocycles. The Morgan fingerprint density at radius 2 is 1.65 bits per heavy atom. The number of aliphatic hydroxyl groups is 1. The molecule has 4 N–H and O–H groups in total. The molecule has 69 heavy (non-hydrogen) atoms. The molecule has 2 fully saturated rings.